The number of benzene rings is 2. The molecular weight excluding hydrogens is 384 g/mol. The monoisotopic (exact) mass is 402 g/mol. The Bertz CT molecular complexity index is 1190. The number of carbonyl (C=O) groups is 1. The molecule has 0 radical (unpaired) electrons. The minimum absolute atomic E-state index is 0.339. The van der Waals surface area contributed by atoms with Crippen LogP contribution in [0.1, 0.15) is 27.7 Å². The molecule has 144 valence electrons. The number of hydrogen-bond acceptors (Lipinski definition) is 5. The maximum atomic E-state index is 11.9. The van der Waals surface area contributed by atoms with Gasteiger partial charge in [0.2, 0.25) is 0 Å². The second-order valence-electron chi connectivity index (χ2n) is 6.34. The summed E-state index contributed by atoms with van der Waals surface area (Å²) in [4.78, 5) is 13.0. The Kier molecular flexibility index (Phi) is 5.32. The molecule has 2 aromatic heterocycles. The number of nitrogens with zero attached hydrogens (tertiary/aromatic N) is 2. The molecule has 0 bridgehead atoms. The third kappa shape index (κ3) is 3.86. The number of rotatable bonds is 6. The molecule has 4 rings (SSSR count). The summed E-state index contributed by atoms with van der Waals surface area (Å²) in [5.74, 6) is 0.375. The molecule has 6 heteroatoms. The molecule has 0 aliphatic heterocycles. The van der Waals surface area contributed by atoms with Crippen LogP contribution in [-0.2, 0) is 11.3 Å². The lowest BCUT2D eigenvalue weighted by Gasteiger charge is -2.08. The number of thiophene rings is 1. The second kappa shape index (κ2) is 8.21. The lowest BCUT2D eigenvalue weighted by molar-refractivity contribution is 0.0526. The predicted molar refractivity (Wildman–Crippen MR) is 113 cm³/mol. The Labute approximate surface area is 172 Å². The van der Waals surface area contributed by atoms with Crippen LogP contribution in [0, 0.1) is 11.3 Å². The lowest BCUT2D eigenvalue weighted by Crippen LogP contribution is -2.04. The fraction of sp³-hybridized carbons (Fsp3) is 0.130. The molecule has 0 saturated carbocycles. The molecule has 0 unspecified atom stereocenters. The SMILES string of the molecule is CCOC(=O)c1ccc(-n2cc(C#N)c3cc(OCc4cccs4)ccc32)cc1. The maximum absolute atomic E-state index is 11.9. The van der Waals surface area contributed by atoms with E-state index in [-0.39, 0.29) is 5.97 Å². The molecule has 4 aromatic rings. The second-order valence-corrected chi connectivity index (χ2v) is 7.37. The molecule has 0 spiro atoms. The van der Waals surface area contributed by atoms with Gasteiger partial charge in [-0.3, -0.25) is 0 Å². The van der Waals surface area contributed by atoms with E-state index in [0.29, 0.717) is 24.3 Å². The molecule has 0 saturated heterocycles. The van der Waals surface area contributed by atoms with E-state index in [0.717, 1.165) is 27.2 Å². The number of aromatic nitrogens is 1. The summed E-state index contributed by atoms with van der Waals surface area (Å²) < 4.78 is 12.8. The van der Waals surface area contributed by atoms with E-state index in [9.17, 15) is 10.1 Å². The molecule has 5 nitrogen and oxygen atoms in total. The van der Waals surface area contributed by atoms with Gasteiger partial charge in [0.1, 0.15) is 18.4 Å². The van der Waals surface area contributed by atoms with Gasteiger partial charge in [0.05, 0.1) is 23.3 Å². The van der Waals surface area contributed by atoms with Crippen LogP contribution in [0.2, 0.25) is 0 Å². The molecular formula is C23H18N2O3S. The number of hydrogen-bond donors (Lipinski definition) is 0. The van der Waals surface area contributed by atoms with E-state index < -0.39 is 0 Å². The smallest absolute Gasteiger partial charge is 0.338 e. The van der Waals surface area contributed by atoms with Gasteiger partial charge >= 0.3 is 5.97 Å². The van der Waals surface area contributed by atoms with Gasteiger partial charge in [-0.15, -0.1) is 11.3 Å². The minimum Gasteiger partial charge on any atom is -0.488 e. The maximum Gasteiger partial charge on any atom is 0.338 e. The zero-order valence-electron chi connectivity index (χ0n) is 15.8. The van der Waals surface area contributed by atoms with Crippen molar-refractivity contribution in [3.63, 3.8) is 0 Å². The first-order valence-electron chi connectivity index (χ1n) is 9.17. The highest BCUT2D eigenvalue weighted by Gasteiger charge is 2.12. The molecule has 29 heavy (non-hydrogen) atoms. The Hall–Kier alpha value is -3.56. The van der Waals surface area contributed by atoms with Crippen molar-refractivity contribution in [1.82, 2.24) is 4.57 Å². The fourth-order valence-electron chi connectivity index (χ4n) is 3.12. The summed E-state index contributed by atoms with van der Waals surface area (Å²) in [6, 6.07) is 19.2. The summed E-state index contributed by atoms with van der Waals surface area (Å²) >= 11 is 1.65. The first-order valence-corrected chi connectivity index (χ1v) is 10.1. The summed E-state index contributed by atoms with van der Waals surface area (Å²) in [5, 5.41) is 12.4. The van der Waals surface area contributed by atoms with Crippen LogP contribution in [0.25, 0.3) is 16.6 Å². The third-order valence-electron chi connectivity index (χ3n) is 4.51. The highest BCUT2D eigenvalue weighted by Crippen LogP contribution is 2.29. The first kappa shape index (κ1) is 18.8. The van der Waals surface area contributed by atoms with Gasteiger partial charge in [0.15, 0.2) is 0 Å². The molecule has 0 aliphatic carbocycles. The van der Waals surface area contributed by atoms with Crippen LogP contribution in [0.15, 0.2) is 66.2 Å². The quantitative estimate of drug-likeness (QED) is 0.410. The number of nitriles is 1. The van der Waals surface area contributed by atoms with Crippen molar-refractivity contribution in [3.05, 3.63) is 82.2 Å². The summed E-state index contributed by atoms with van der Waals surface area (Å²) in [7, 11) is 0. The molecule has 0 N–H and O–H groups in total. The molecule has 0 atom stereocenters. The van der Waals surface area contributed by atoms with E-state index in [2.05, 4.69) is 6.07 Å². The zero-order chi connectivity index (χ0) is 20.2. The van der Waals surface area contributed by atoms with E-state index in [1.54, 1.807) is 36.6 Å². The van der Waals surface area contributed by atoms with Crippen LogP contribution in [0.5, 0.6) is 5.75 Å². The van der Waals surface area contributed by atoms with Crippen LogP contribution in [0.4, 0.5) is 0 Å². The van der Waals surface area contributed by atoms with Crippen molar-refractivity contribution in [2.24, 2.45) is 0 Å². The van der Waals surface area contributed by atoms with E-state index in [1.807, 2.05) is 52.4 Å². The highest BCUT2D eigenvalue weighted by atomic mass is 32.1. The van der Waals surface area contributed by atoms with Gasteiger partial charge in [-0.1, -0.05) is 6.07 Å². The molecule has 2 aromatic carbocycles. The number of esters is 1. The summed E-state index contributed by atoms with van der Waals surface area (Å²) in [6.07, 6.45) is 1.80. The number of carbonyl (C=O) groups excluding carboxylic acids is 1. The number of fused-ring (bicyclic) bond motifs is 1. The molecule has 0 fully saturated rings. The van der Waals surface area contributed by atoms with Crippen molar-refractivity contribution < 1.29 is 14.3 Å². The van der Waals surface area contributed by atoms with E-state index in [1.165, 1.54) is 0 Å². The molecule has 0 amide bonds. The van der Waals surface area contributed by atoms with Crippen LogP contribution in [-0.4, -0.2) is 17.1 Å². The summed E-state index contributed by atoms with van der Waals surface area (Å²) in [5.41, 5.74) is 2.82. The molecule has 0 aliphatic rings. The summed E-state index contributed by atoms with van der Waals surface area (Å²) in [6.45, 7) is 2.62. The topological polar surface area (TPSA) is 64.2 Å². The van der Waals surface area contributed by atoms with Crippen molar-refractivity contribution >= 4 is 28.2 Å². The van der Waals surface area contributed by atoms with Gasteiger partial charge in [-0.05, 0) is 60.8 Å². The first-order chi connectivity index (χ1) is 14.2. The normalized spacial score (nSPS) is 10.6. The van der Waals surface area contributed by atoms with Crippen molar-refractivity contribution in [2.75, 3.05) is 6.61 Å². The Morgan fingerprint density at radius 2 is 2.00 bits per heavy atom. The van der Waals surface area contributed by atoms with Crippen LogP contribution >= 0.6 is 11.3 Å². The average molecular weight is 402 g/mol. The largest absolute Gasteiger partial charge is 0.488 e. The van der Waals surface area contributed by atoms with Crippen molar-refractivity contribution in [1.29, 1.82) is 5.26 Å². The van der Waals surface area contributed by atoms with Gasteiger partial charge in [-0.2, -0.15) is 5.26 Å². The lowest BCUT2D eigenvalue weighted by atomic mass is 10.2. The van der Waals surface area contributed by atoms with Gasteiger partial charge in [-0.25, -0.2) is 4.79 Å². The fourth-order valence-corrected chi connectivity index (χ4v) is 3.74. The van der Waals surface area contributed by atoms with E-state index >= 15 is 0 Å². The highest BCUT2D eigenvalue weighted by molar-refractivity contribution is 7.09. The number of ether oxygens (including phenoxy) is 2. The Balaban J connectivity index is 1.65. The standard InChI is InChI=1S/C23H18N2O3S/c1-2-27-23(26)16-5-7-18(8-6-16)25-14-17(13-24)21-12-19(9-10-22(21)25)28-15-20-4-3-11-29-20/h3-12,14H,2,15H2,1H3. The average Bonchev–Trinajstić information content (AvgIpc) is 3.40. The van der Waals surface area contributed by atoms with Crippen LogP contribution < -0.4 is 4.74 Å². The molecule has 2 heterocycles. The van der Waals surface area contributed by atoms with Crippen LogP contribution in [0.3, 0.4) is 0 Å². The third-order valence-corrected chi connectivity index (χ3v) is 5.36. The van der Waals surface area contributed by atoms with Gasteiger partial charge in [0.25, 0.3) is 0 Å². The van der Waals surface area contributed by atoms with Crippen molar-refractivity contribution in [2.45, 2.75) is 13.5 Å². The predicted octanol–water partition coefficient (Wildman–Crippen LogP) is 5.32. The van der Waals surface area contributed by atoms with Crippen molar-refractivity contribution in [3.8, 4) is 17.5 Å². The Morgan fingerprint density at radius 3 is 2.69 bits per heavy atom. The van der Waals surface area contributed by atoms with E-state index in [4.69, 9.17) is 9.47 Å². The van der Waals surface area contributed by atoms with Gasteiger partial charge < -0.3 is 14.0 Å². The Morgan fingerprint density at radius 1 is 1.17 bits per heavy atom. The zero-order valence-corrected chi connectivity index (χ0v) is 16.6. The van der Waals surface area contributed by atoms with Gasteiger partial charge in [0, 0.05) is 22.1 Å². The minimum atomic E-state index is -0.346.